The lowest BCUT2D eigenvalue weighted by molar-refractivity contribution is -0.120. The van der Waals surface area contributed by atoms with Crippen LogP contribution < -0.4 is 15.5 Å². The number of nitriles is 1. The molecule has 5 rings (SSSR count). The fourth-order valence-corrected chi connectivity index (χ4v) is 4.33. The minimum Gasteiger partial charge on any atom is -0.379 e. The van der Waals surface area contributed by atoms with Crippen LogP contribution in [0.3, 0.4) is 0 Å². The Labute approximate surface area is 209 Å². The van der Waals surface area contributed by atoms with Gasteiger partial charge in [-0.25, -0.2) is 9.97 Å². The number of hydrogen-bond donors (Lipinski definition) is 2. The molecule has 2 aliphatic heterocycles. The van der Waals surface area contributed by atoms with E-state index in [1.54, 1.807) is 30.9 Å². The fraction of sp³-hybridized carbons (Fsp3) is 0.360. The molecule has 0 aliphatic carbocycles. The van der Waals surface area contributed by atoms with Crippen molar-refractivity contribution in [3.63, 3.8) is 0 Å². The van der Waals surface area contributed by atoms with Gasteiger partial charge in [0.1, 0.15) is 6.07 Å². The Morgan fingerprint density at radius 1 is 1.08 bits per heavy atom. The zero-order valence-electron chi connectivity index (χ0n) is 19.9. The van der Waals surface area contributed by atoms with E-state index in [4.69, 9.17) is 9.72 Å². The first kappa shape index (κ1) is 23.6. The van der Waals surface area contributed by atoms with E-state index < -0.39 is 0 Å². The third-order valence-corrected chi connectivity index (χ3v) is 6.17. The first-order valence-corrected chi connectivity index (χ1v) is 11.9. The number of carbonyl (C=O) groups excluding carboxylic acids is 1. The number of ether oxygens (including phenoxy) is 1. The molecule has 2 N–H and O–H groups in total. The summed E-state index contributed by atoms with van der Waals surface area (Å²) in [6.45, 7) is 5.75. The topological polar surface area (TPSA) is 132 Å². The summed E-state index contributed by atoms with van der Waals surface area (Å²) in [5, 5.41) is 15.8. The van der Waals surface area contributed by atoms with Crippen LogP contribution in [0.25, 0.3) is 11.3 Å². The second-order valence-corrected chi connectivity index (χ2v) is 8.60. The van der Waals surface area contributed by atoms with Crippen LogP contribution in [0.5, 0.6) is 0 Å². The van der Waals surface area contributed by atoms with Gasteiger partial charge < -0.3 is 20.3 Å². The molecule has 2 aliphatic rings. The van der Waals surface area contributed by atoms with Crippen molar-refractivity contribution in [2.24, 2.45) is 0 Å². The lowest BCUT2D eigenvalue weighted by atomic mass is 10.1. The number of rotatable bonds is 6. The molecule has 5 heterocycles. The number of carbonyl (C=O) groups is 1. The van der Waals surface area contributed by atoms with E-state index in [9.17, 15) is 10.1 Å². The summed E-state index contributed by atoms with van der Waals surface area (Å²) in [6.07, 6.45) is 7.04. The van der Waals surface area contributed by atoms with E-state index in [0.717, 1.165) is 49.9 Å². The molecule has 0 aromatic carbocycles. The number of aromatic nitrogens is 4. The number of nitrogens with one attached hydrogen (secondary N) is 2. The van der Waals surface area contributed by atoms with Crippen LogP contribution in [0.4, 0.5) is 17.3 Å². The summed E-state index contributed by atoms with van der Waals surface area (Å²) in [5.41, 5.74) is 4.28. The van der Waals surface area contributed by atoms with Crippen molar-refractivity contribution in [3.05, 3.63) is 54.2 Å². The molecule has 36 heavy (non-hydrogen) atoms. The van der Waals surface area contributed by atoms with Gasteiger partial charge in [0.25, 0.3) is 0 Å². The molecule has 2 saturated heterocycles. The van der Waals surface area contributed by atoms with Crippen molar-refractivity contribution in [1.82, 2.24) is 30.2 Å². The van der Waals surface area contributed by atoms with E-state index >= 15 is 0 Å². The first-order chi connectivity index (χ1) is 17.7. The third-order valence-electron chi connectivity index (χ3n) is 6.17. The molecule has 2 fully saturated rings. The highest BCUT2D eigenvalue weighted by Crippen LogP contribution is 2.33. The van der Waals surface area contributed by atoms with Crippen molar-refractivity contribution in [2.75, 3.05) is 56.2 Å². The van der Waals surface area contributed by atoms with Gasteiger partial charge in [0, 0.05) is 69.8 Å². The highest BCUT2D eigenvalue weighted by atomic mass is 16.5. The van der Waals surface area contributed by atoms with Crippen LogP contribution in [-0.2, 0) is 16.1 Å². The first-order valence-electron chi connectivity index (χ1n) is 11.9. The van der Waals surface area contributed by atoms with E-state index in [1.165, 1.54) is 0 Å². The number of anilines is 3. The summed E-state index contributed by atoms with van der Waals surface area (Å²) in [5.74, 6) is 0.418. The minimum atomic E-state index is 0.00436. The summed E-state index contributed by atoms with van der Waals surface area (Å²) in [7, 11) is 0. The highest BCUT2D eigenvalue weighted by Gasteiger charge is 2.22. The number of pyridine rings is 2. The van der Waals surface area contributed by atoms with Crippen LogP contribution in [0.1, 0.15) is 17.7 Å². The highest BCUT2D eigenvalue weighted by molar-refractivity contribution is 5.82. The number of hydrogen-bond acceptors (Lipinski definition) is 10. The number of morpholine rings is 1. The molecule has 11 nitrogen and oxygen atoms in total. The van der Waals surface area contributed by atoms with Crippen molar-refractivity contribution in [3.8, 4) is 17.3 Å². The Kier molecular flexibility index (Phi) is 7.25. The van der Waals surface area contributed by atoms with Gasteiger partial charge >= 0.3 is 0 Å². The maximum Gasteiger partial charge on any atom is 0.227 e. The molecule has 11 heteroatoms. The zero-order chi connectivity index (χ0) is 24.7. The van der Waals surface area contributed by atoms with Crippen molar-refractivity contribution in [1.29, 1.82) is 5.26 Å². The molecular formula is C25H27N9O2. The quantitative estimate of drug-likeness (QED) is 0.532. The lowest BCUT2D eigenvalue weighted by Crippen LogP contribution is -2.35. The SMILES string of the molecule is N#Cc1cncc(-c2ccnc(Nc3ccc(CN4CCOCC4)nc3)n2)c1N1CCNC(=O)CC1. The lowest BCUT2D eigenvalue weighted by Gasteiger charge is -2.26. The van der Waals surface area contributed by atoms with Crippen molar-refractivity contribution in [2.45, 2.75) is 13.0 Å². The Morgan fingerprint density at radius 3 is 2.78 bits per heavy atom. The minimum absolute atomic E-state index is 0.00436. The third kappa shape index (κ3) is 5.56. The summed E-state index contributed by atoms with van der Waals surface area (Å²) >= 11 is 0. The maximum atomic E-state index is 11.9. The molecule has 0 unspecified atom stereocenters. The van der Waals surface area contributed by atoms with Gasteiger partial charge in [-0.1, -0.05) is 0 Å². The van der Waals surface area contributed by atoms with Gasteiger partial charge in [0.15, 0.2) is 0 Å². The second-order valence-electron chi connectivity index (χ2n) is 8.60. The van der Waals surface area contributed by atoms with Crippen LogP contribution in [0, 0.1) is 11.3 Å². The Hall–Kier alpha value is -4.14. The van der Waals surface area contributed by atoms with Crippen LogP contribution >= 0.6 is 0 Å². The normalized spacial score (nSPS) is 16.6. The largest absolute Gasteiger partial charge is 0.379 e. The fourth-order valence-electron chi connectivity index (χ4n) is 4.33. The van der Waals surface area contributed by atoms with Crippen molar-refractivity contribution < 1.29 is 9.53 Å². The average molecular weight is 486 g/mol. The Balaban J connectivity index is 1.36. The molecule has 0 radical (unpaired) electrons. The Morgan fingerprint density at radius 2 is 1.97 bits per heavy atom. The summed E-state index contributed by atoms with van der Waals surface area (Å²) in [4.78, 5) is 34.1. The number of amides is 1. The smallest absolute Gasteiger partial charge is 0.227 e. The monoisotopic (exact) mass is 485 g/mol. The predicted octanol–water partition coefficient (Wildman–Crippen LogP) is 1.71. The second kappa shape index (κ2) is 11.1. The average Bonchev–Trinajstić information content (AvgIpc) is 3.14. The van der Waals surface area contributed by atoms with Gasteiger partial charge in [0.05, 0.1) is 47.7 Å². The molecular weight excluding hydrogens is 458 g/mol. The van der Waals surface area contributed by atoms with Gasteiger partial charge in [-0.15, -0.1) is 0 Å². The van der Waals surface area contributed by atoms with Gasteiger partial charge in [-0.05, 0) is 18.2 Å². The van der Waals surface area contributed by atoms with E-state index in [-0.39, 0.29) is 5.91 Å². The van der Waals surface area contributed by atoms with Gasteiger partial charge in [-0.2, -0.15) is 5.26 Å². The van der Waals surface area contributed by atoms with E-state index in [2.05, 4.69) is 36.6 Å². The summed E-state index contributed by atoms with van der Waals surface area (Å²) in [6, 6.07) is 7.98. The molecule has 0 spiro atoms. The Bertz CT molecular complexity index is 1250. The van der Waals surface area contributed by atoms with Gasteiger partial charge in [0.2, 0.25) is 11.9 Å². The molecule has 3 aromatic heterocycles. The molecule has 184 valence electrons. The van der Waals surface area contributed by atoms with Crippen LogP contribution in [-0.4, -0.2) is 76.7 Å². The molecule has 3 aromatic rings. The van der Waals surface area contributed by atoms with Crippen molar-refractivity contribution >= 4 is 23.2 Å². The predicted molar refractivity (Wildman–Crippen MR) is 133 cm³/mol. The van der Waals surface area contributed by atoms with E-state index in [1.807, 2.05) is 17.0 Å². The van der Waals surface area contributed by atoms with E-state index in [0.29, 0.717) is 48.8 Å². The molecule has 1 amide bonds. The van der Waals surface area contributed by atoms with Gasteiger partial charge in [-0.3, -0.25) is 19.7 Å². The molecule has 0 atom stereocenters. The van der Waals surface area contributed by atoms with Crippen LogP contribution in [0.15, 0.2) is 43.0 Å². The molecule has 0 bridgehead atoms. The van der Waals surface area contributed by atoms with Crippen LogP contribution in [0.2, 0.25) is 0 Å². The molecule has 0 saturated carbocycles. The number of nitrogens with zero attached hydrogens (tertiary/aromatic N) is 7. The zero-order valence-corrected chi connectivity index (χ0v) is 19.9. The summed E-state index contributed by atoms with van der Waals surface area (Å²) < 4.78 is 5.40. The maximum absolute atomic E-state index is 11.9. The standard InChI is InChI=1S/C25H27N9O2/c26-13-18-14-27-16-21(24(18)34-7-4-23(35)28-6-8-34)22-3-5-29-25(32-22)31-19-1-2-20(30-15-19)17-33-9-11-36-12-10-33/h1-3,5,14-16H,4,6-12,17H2,(H,28,35)(H,29,31,32).